The van der Waals surface area contributed by atoms with Gasteiger partial charge in [-0.2, -0.15) is 0 Å². The van der Waals surface area contributed by atoms with E-state index in [1.807, 2.05) is 18.2 Å². The van der Waals surface area contributed by atoms with Crippen molar-refractivity contribution in [3.63, 3.8) is 0 Å². The minimum absolute atomic E-state index is 0.0338. The highest BCUT2D eigenvalue weighted by Crippen LogP contribution is 2.27. The molecule has 0 spiro atoms. The Bertz CT molecular complexity index is 582. The van der Waals surface area contributed by atoms with Crippen LogP contribution < -0.4 is 14.8 Å². The zero-order chi connectivity index (χ0) is 15.1. The average molecular weight is 289 g/mol. The van der Waals surface area contributed by atoms with E-state index in [2.05, 4.69) is 10.3 Å². The van der Waals surface area contributed by atoms with Crippen LogP contribution >= 0.6 is 0 Å². The van der Waals surface area contributed by atoms with Crippen LogP contribution in [0.15, 0.2) is 36.9 Å². The van der Waals surface area contributed by atoms with E-state index in [4.69, 9.17) is 9.47 Å². The number of amides is 1. The van der Waals surface area contributed by atoms with Gasteiger partial charge in [0.05, 0.1) is 20.5 Å². The molecule has 0 atom stereocenters. The summed E-state index contributed by atoms with van der Waals surface area (Å²) in [5, 5.41) is 2.88. The van der Waals surface area contributed by atoms with Crippen molar-refractivity contribution in [3.05, 3.63) is 42.5 Å². The molecule has 1 amide bonds. The van der Waals surface area contributed by atoms with Crippen LogP contribution in [0, 0.1) is 0 Å². The van der Waals surface area contributed by atoms with E-state index in [-0.39, 0.29) is 12.5 Å². The van der Waals surface area contributed by atoms with E-state index < -0.39 is 0 Å². The minimum atomic E-state index is -0.0338. The predicted octanol–water partition coefficient (Wildman–Crippen LogP) is 1.26. The quantitative estimate of drug-likeness (QED) is 0.833. The number of imidazole rings is 1. The lowest BCUT2D eigenvalue weighted by Gasteiger charge is -2.10. The van der Waals surface area contributed by atoms with Crippen molar-refractivity contribution in [2.24, 2.45) is 0 Å². The van der Waals surface area contributed by atoms with Crippen LogP contribution in [0.3, 0.4) is 0 Å². The second-order valence-electron chi connectivity index (χ2n) is 4.52. The van der Waals surface area contributed by atoms with Crippen molar-refractivity contribution in [3.8, 4) is 11.5 Å². The van der Waals surface area contributed by atoms with Crippen LogP contribution in [-0.2, 0) is 17.8 Å². The molecule has 0 aliphatic carbocycles. The third-order valence-corrected chi connectivity index (χ3v) is 3.07. The largest absolute Gasteiger partial charge is 0.493 e. The van der Waals surface area contributed by atoms with Gasteiger partial charge in [-0.25, -0.2) is 4.98 Å². The molecular weight excluding hydrogens is 270 g/mol. The maximum absolute atomic E-state index is 11.7. The Labute approximate surface area is 123 Å². The Morgan fingerprint density at radius 2 is 2.10 bits per heavy atom. The molecule has 6 heteroatoms. The van der Waals surface area contributed by atoms with E-state index >= 15 is 0 Å². The number of aromatic nitrogens is 2. The molecule has 0 saturated carbocycles. The van der Waals surface area contributed by atoms with E-state index in [9.17, 15) is 4.79 Å². The molecule has 0 radical (unpaired) electrons. The zero-order valence-electron chi connectivity index (χ0n) is 12.2. The summed E-state index contributed by atoms with van der Waals surface area (Å²) in [5.74, 6) is 1.36. The third kappa shape index (κ3) is 4.24. The van der Waals surface area contributed by atoms with Gasteiger partial charge in [0.1, 0.15) is 6.54 Å². The Morgan fingerprint density at radius 3 is 2.76 bits per heavy atom. The number of benzene rings is 1. The topological polar surface area (TPSA) is 65.4 Å². The van der Waals surface area contributed by atoms with Crippen molar-refractivity contribution in [1.29, 1.82) is 0 Å². The first-order valence-electron chi connectivity index (χ1n) is 6.66. The molecular formula is C15H19N3O3. The summed E-state index contributed by atoms with van der Waals surface area (Å²) < 4.78 is 12.2. The Balaban J connectivity index is 1.81. The minimum Gasteiger partial charge on any atom is -0.493 e. The molecule has 0 unspecified atom stereocenters. The van der Waals surface area contributed by atoms with Gasteiger partial charge in [0.25, 0.3) is 0 Å². The number of methoxy groups -OCH3 is 2. The first kappa shape index (κ1) is 14.9. The molecule has 1 N–H and O–H groups in total. The highest BCUT2D eigenvalue weighted by Gasteiger charge is 2.05. The summed E-state index contributed by atoms with van der Waals surface area (Å²) in [6.07, 6.45) is 5.76. The lowest BCUT2D eigenvalue weighted by molar-refractivity contribution is -0.121. The van der Waals surface area contributed by atoms with Gasteiger partial charge >= 0.3 is 0 Å². The monoisotopic (exact) mass is 289 g/mol. The second kappa shape index (κ2) is 7.33. The van der Waals surface area contributed by atoms with Crippen LogP contribution in [0.25, 0.3) is 0 Å². The molecule has 2 rings (SSSR count). The van der Waals surface area contributed by atoms with Gasteiger partial charge in [0, 0.05) is 18.9 Å². The molecule has 0 aliphatic heterocycles. The molecule has 1 aromatic carbocycles. The number of rotatable bonds is 7. The molecule has 0 fully saturated rings. The standard InChI is InChI=1S/C15H19N3O3/c1-20-13-4-3-12(9-14(13)21-2)5-6-17-15(19)10-18-8-7-16-11-18/h3-4,7-9,11H,5-6,10H2,1-2H3,(H,17,19). The smallest absolute Gasteiger partial charge is 0.239 e. The normalized spacial score (nSPS) is 10.2. The SMILES string of the molecule is COc1ccc(CCNC(=O)Cn2ccnc2)cc1OC. The zero-order valence-corrected chi connectivity index (χ0v) is 12.2. The van der Waals surface area contributed by atoms with E-state index in [0.717, 1.165) is 12.0 Å². The van der Waals surface area contributed by atoms with Crippen LogP contribution in [0.2, 0.25) is 0 Å². The van der Waals surface area contributed by atoms with Crippen LogP contribution in [-0.4, -0.2) is 36.2 Å². The first-order valence-corrected chi connectivity index (χ1v) is 6.66. The van der Waals surface area contributed by atoms with Gasteiger partial charge in [-0.3, -0.25) is 4.79 Å². The maximum Gasteiger partial charge on any atom is 0.239 e. The van der Waals surface area contributed by atoms with Gasteiger partial charge in [0.2, 0.25) is 5.91 Å². The van der Waals surface area contributed by atoms with Gasteiger partial charge in [-0.1, -0.05) is 6.07 Å². The summed E-state index contributed by atoms with van der Waals surface area (Å²) in [6, 6.07) is 5.74. The predicted molar refractivity (Wildman–Crippen MR) is 78.5 cm³/mol. The maximum atomic E-state index is 11.7. The molecule has 0 aliphatic rings. The van der Waals surface area contributed by atoms with Gasteiger partial charge in [0.15, 0.2) is 11.5 Å². The van der Waals surface area contributed by atoms with Crippen molar-refractivity contribution in [2.45, 2.75) is 13.0 Å². The summed E-state index contributed by atoms with van der Waals surface area (Å²) in [5.41, 5.74) is 1.08. The lowest BCUT2D eigenvalue weighted by atomic mass is 10.1. The number of nitrogens with one attached hydrogen (secondary N) is 1. The lowest BCUT2D eigenvalue weighted by Crippen LogP contribution is -2.29. The number of carbonyl (C=O) groups is 1. The van der Waals surface area contributed by atoms with Crippen LogP contribution in [0.5, 0.6) is 11.5 Å². The number of hydrogen-bond donors (Lipinski definition) is 1. The van der Waals surface area contributed by atoms with Gasteiger partial charge < -0.3 is 19.4 Å². The summed E-state index contributed by atoms with van der Waals surface area (Å²) in [7, 11) is 3.21. The van der Waals surface area contributed by atoms with Gasteiger partial charge in [-0.15, -0.1) is 0 Å². The molecule has 1 aromatic heterocycles. The average Bonchev–Trinajstić information content (AvgIpc) is 2.99. The summed E-state index contributed by atoms with van der Waals surface area (Å²) in [4.78, 5) is 15.6. The van der Waals surface area contributed by atoms with E-state index in [0.29, 0.717) is 18.0 Å². The highest BCUT2D eigenvalue weighted by molar-refractivity contribution is 5.75. The summed E-state index contributed by atoms with van der Waals surface area (Å²) in [6.45, 7) is 0.856. The van der Waals surface area contributed by atoms with Gasteiger partial charge in [-0.05, 0) is 24.1 Å². The Morgan fingerprint density at radius 1 is 1.29 bits per heavy atom. The Kier molecular flexibility index (Phi) is 5.20. The fraction of sp³-hybridized carbons (Fsp3) is 0.333. The molecule has 2 aromatic rings. The molecule has 112 valence electrons. The molecule has 21 heavy (non-hydrogen) atoms. The highest BCUT2D eigenvalue weighted by atomic mass is 16.5. The molecule has 0 saturated heterocycles. The summed E-state index contributed by atoms with van der Waals surface area (Å²) >= 11 is 0. The van der Waals surface area contributed by atoms with Crippen molar-refractivity contribution in [1.82, 2.24) is 14.9 Å². The molecule has 1 heterocycles. The van der Waals surface area contributed by atoms with E-state index in [1.54, 1.807) is 37.5 Å². The number of ether oxygens (including phenoxy) is 2. The Hall–Kier alpha value is -2.50. The number of hydrogen-bond acceptors (Lipinski definition) is 4. The van der Waals surface area contributed by atoms with E-state index in [1.165, 1.54) is 0 Å². The third-order valence-electron chi connectivity index (χ3n) is 3.07. The van der Waals surface area contributed by atoms with Crippen molar-refractivity contribution < 1.29 is 14.3 Å². The fourth-order valence-electron chi connectivity index (χ4n) is 1.98. The number of carbonyl (C=O) groups excluding carboxylic acids is 1. The van der Waals surface area contributed by atoms with Crippen LogP contribution in [0.4, 0.5) is 0 Å². The molecule has 0 bridgehead atoms. The molecule has 6 nitrogen and oxygen atoms in total. The fourth-order valence-corrected chi connectivity index (χ4v) is 1.98. The number of nitrogens with zero attached hydrogens (tertiary/aromatic N) is 2. The second-order valence-corrected chi connectivity index (χ2v) is 4.52. The van der Waals surface area contributed by atoms with Crippen molar-refractivity contribution >= 4 is 5.91 Å². The first-order chi connectivity index (χ1) is 10.2. The van der Waals surface area contributed by atoms with Crippen molar-refractivity contribution in [2.75, 3.05) is 20.8 Å². The van der Waals surface area contributed by atoms with Crippen LogP contribution in [0.1, 0.15) is 5.56 Å².